The van der Waals surface area contributed by atoms with E-state index < -0.39 is 5.41 Å². The Kier molecular flexibility index (Phi) is 4.45. The maximum Gasteiger partial charge on any atom is 0.229 e. The molecule has 2 aliphatic rings. The Morgan fingerprint density at radius 2 is 2.08 bits per heavy atom. The second-order valence-electron chi connectivity index (χ2n) is 7.82. The highest BCUT2D eigenvalue weighted by Crippen LogP contribution is 2.57. The molecule has 0 aromatic carbocycles. The van der Waals surface area contributed by atoms with Gasteiger partial charge >= 0.3 is 0 Å². The van der Waals surface area contributed by atoms with Crippen LogP contribution >= 0.6 is 11.3 Å². The van der Waals surface area contributed by atoms with Gasteiger partial charge in [0.25, 0.3) is 0 Å². The van der Waals surface area contributed by atoms with E-state index in [1.165, 1.54) is 0 Å². The molecule has 0 spiro atoms. The van der Waals surface area contributed by atoms with E-state index in [1.54, 1.807) is 11.3 Å². The predicted molar refractivity (Wildman–Crippen MR) is 94.7 cm³/mol. The molecule has 1 aliphatic carbocycles. The van der Waals surface area contributed by atoms with Crippen molar-refractivity contribution in [2.75, 3.05) is 19.6 Å². The number of thiazole rings is 1. The topological polar surface area (TPSA) is 62.3 Å². The molecule has 2 fully saturated rings. The molecule has 1 aromatic rings. The number of carbonyl (C=O) groups is 2. The number of nitrogens with one attached hydrogen (secondary N) is 1. The summed E-state index contributed by atoms with van der Waals surface area (Å²) in [6.07, 6.45) is 3.38. The van der Waals surface area contributed by atoms with Crippen molar-refractivity contribution >= 4 is 23.2 Å². The lowest BCUT2D eigenvalue weighted by molar-refractivity contribution is -0.153. The maximum absolute atomic E-state index is 13.2. The molecule has 1 aliphatic heterocycles. The van der Waals surface area contributed by atoms with Gasteiger partial charge in [-0.1, -0.05) is 20.8 Å². The molecule has 2 amide bonds. The average molecular weight is 350 g/mol. The first kappa shape index (κ1) is 17.4. The third-order valence-electron chi connectivity index (χ3n) is 6.34. The molecule has 1 saturated heterocycles. The molecule has 0 unspecified atom stereocenters. The molecule has 0 bridgehead atoms. The summed E-state index contributed by atoms with van der Waals surface area (Å²) in [6, 6.07) is 0. The lowest BCUT2D eigenvalue weighted by Crippen LogP contribution is -2.57. The predicted octanol–water partition coefficient (Wildman–Crippen LogP) is 2.65. The number of hydrogen-bond donors (Lipinski definition) is 1. The molecule has 1 saturated carbocycles. The van der Waals surface area contributed by atoms with Crippen LogP contribution in [0.5, 0.6) is 0 Å². The van der Waals surface area contributed by atoms with Gasteiger partial charge in [0.2, 0.25) is 11.8 Å². The first-order valence-electron chi connectivity index (χ1n) is 8.77. The molecule has 3 rings (SSSR count). The largest absolute Gasteiger partial charge is 0.356 e. The zero-order chi connectivity index (χ0) is 17.5. The first-order chi connectivity index (χ1) is 11.3. The number of hydrogen-bond acceptors (Lipinski definition) is 4. The zero-order valence-corrected chi connectivity index (χ0v) is 15.8. The van der Waals surface area contributed by atoms with Gasteiger partial charge in [0.05, 0.1) is 10.4 Å². The standard InChI is InChI=1S/C18H27N3O2S/c1-5-19-14(22)13-6-7-18(4,17(13,2)3)16(23)21-10-12(11-21)15-20-8-9-24-15/h8-9,12-13H,5-7,10-11H2,1-4H3,(H,19,22)/t13-,18+/m1/s1. The Bertz CT molecular complexity index is 622. The number of carbonyl (C=O) groups excluding carboxylic acids is 2. The van der Waals surface area contributed by atoms with E-state index in [0.29, 0.717) is 12.5 Å². The summed E-state index contributed by atoms with van der Waals surface area (Å²) in [5, 5.41) is 6.04. The van der Waals surface area contributed by atoms with Crippen LogP contribution in [0, 0.1) is 16.7 Å². The van der Waals surface area contributed by atoms with Gasteiger partial charge in [0.15, 0.2) is 0 Å². The highest BCUT2D eigenvalue weighted by atomic mass is 32.1. The van der Waals surface area contributed by atoms with Crippen LogP contribution in [0.15, 0.2) is 11.6 Å². The minimum absolute atomic E-state index is 0.0864. The minimum atomic E-state index is -0.476. The second-order valence-corrected chi connectivity index (χ2v) is 8.74. The highest BCUT2D eigenvalue weighted by Gasteiger charge is 2.59. The van der Waals surface area contributed by atoms with Crippen LogP contribution in [0.3, 0.4) is 0 Å². The lowest BCUT2D eigenvalue weighted by atomic mass is 9.64. The molecule has 0 radical (unpaired) electrons. The van der Waals surface area contributed by atoms with E-state index in [0.717, 1.165) is 30.9 Å². The summed E-state index contributed by atoms with van der Waals surface area (Å²) in [4.78, 5) is 31.9. The molecule has 6 heteroatoms. The quantitative estimate of drug-likeness (QED) is 0.909. The SMILES string of the molecule is CCNC(=O)[C@H]1CC[C@@](C)(C(=O)N2CC(c3nccs3)C2)C1(C)C. The van der Waals surface area contributed by atoms with Crippen LogP contribution in [-0.2, 0) is 9.59 Å². The van der Waals surface area contributed by atoms with Gasteiger partial charge in [-0.15, -0.1) is 11.3 Å². The monoisotopic (exact) mass is 349 g/mol. The van der Waals surface area contributed by atoms with Crippen molar-refractivity contribution in [1.82, 2.24) is 15.2 Å². The van der Waals surface area contributed by atoms with E-state index in [-0.39, 0.29) is 23.1 Å². The molecule has 2 heterocycles. The fourth-order valence-corrected chi connectivity index (χ4v) is 4.95. The van der Waals surface area contributed by atoms with Crippen molar-refractivity contribution in [1.29, 1.82) is 0 Å². The fraction of sp³-hybridized carbons (Fsp3) is 0.722. The number of likely N-dealkylation sites (tertiary alicyclic amines) is 1. The van der Waals surface area contributed by atoms with Crippen LogP contribution in [0.2, 0.25) is 0 Å². The van der Waals surface area contributed by atoms with Gasteiger partial charge in [0.1, 0.15) is 0 Å². The van der Waals surface area contributed by atoms with Crippen molar-refractivity contribution in [3.05, 3.63) is 16.6 Å². The van der Waals surface area contributed by atoms with Crippen LogP contribution in [-0.4, -0.2) is 41.3 Å². The van der Waals surface area contributed by atoms with Gasteiger partial charge in [-0.05, 0) is 25.2 Å². The van der Waals surface area contributed by atoms with Crippen LogP contribution in [0.4, 0.5) is 0 Å². The Balaban J connectivity index is 1.69. The van der Waals surface area contributed by atoms with Gasteiger partial charge in [-0.2, -0.15) is 0 Å². The highest BCUT2D eigenvalue weighted by molar-refractivity contribution is 7.09. The summed E-state index contributed by atoms with van der Waals surface area (Å²) in [7, 11) is 0. The molecule has 24 heavy (non-hydrogen) atoms. The Labute approximate surface area is 147 Å². The lowest BCUT2D eigenvalue weighted by Gasteiger charge is -2.47. The third kappa shape index (κ3) is 2.55. The number of nitrogens with zero attached hydrogens (tertiary/aromatic N) is 2. The molecular weight excluding hydrogens is 322 g/mol. The number of amides is 2. The van der Waals surface area contributed by atoms with Crippen molar-refractivity contribution in [2.45, 2.75) is 46.5 Å². The smallest absolute Gasteiger partial charge is 0.229 e. The Morgan fingerprint density at radius 1 is 1.38 bits per heavy atom. The molecule has 1 aromatic heterocycles. The van der Waals surface area contributed by atoms with Crippen molar-refractivity contribution in [3.8, 4) is 0 Å². The van der Waals surface area contributed by atoms with E-state index in [1.807, 2.05) is 30.3 Å². The van der Waals surface area contributed by atoms with E-state index in [2.05, 4.69) is 24.1 Å². The van der Waals surface area contributed by atoms with E-state index in [4.69, 9.17) is 0 Å². The van der Waals surface area contributed by atoms with Crippen molar-refractivity contribution in [3.63, 3.8) is 0 Å². The summed E-state index contributed by atoms with van der Waals surface area (Å²) < 4.78 is 0. The maximum atomic E-state index is 13.2. The number of rotatable bonds is 4. The molecule has 2 atom stereocenters. The van der Waals surface area contributed by atoms with Gasteiger partial charge in [-0.25, -0.2) is 4.98 Å². The fourth-order valence-electron chi connectivity index (χ4n) is 4.23. The van der Waals surface area contributed by atoms with Gasteiger partial charge in [-0.3, -0.25) is 9.59 Å². The van der Waals surface area contributed by atoms with Crippen LogP contribution in [0.1, 0.15) is 51.5 Å². The Hall–Kier alpha value is -1.43. The van der Waals surface area contributed by atoms with Gasteiger partial charge in [0, 0.05) is 43.0 Å². The minimum Gasteiger partial charge on any atom is -0.356 e. The third-order valence-corrected chi connectivity index (χ3v) is 7.27. The summed E-state index contributed by atoms with van der Waals surface area (Å²) in [5.74, 6) is 0.569. The summed E-state index contributed by atoms with van der Waals surface area (Å²) in [5.41, 5.74) is -0.813. The van der Waals surface area contributed by atoms with E-state index in [9.17, 15) is 9.59 Å². The van der Waals surface area contributed by atoms with Crippen molar-refractivity contribution in [2.24, 2.45) is 16.7 Å². The van der Waals surface area contributed by atoms with Crippen LogP contribution < -0.4 is 5.32 Å². The molecule has 5 nitrogen and oxygen atoms in total. The number of aromatic nitrogens is 1. The Morgan fingerprint density at radius 3 is 2.67 bits per heavy atom. The summed E-state index contributed by atoms with van der Waals surface area (Å²) in [6.45, 7) is 10.3. The van der Waals surface area contributed by atoms with Crippen LogP contribution in [0.25, 0.3) is 0 Å². The molecule has 132 valence electrons. The first-order valence-corrected chi connectivity index (χ1v) is 9.65. The van der Waals surface area contributed by atoms with Gasteiger partial charge < -0.3 is 10.2 Å². The zero-order valence-electron chi connectivity index (χ0n) is 15.0. The molecule has 1 N–H and O–H groups in total. The normalized spacial score (nSPS) is 29.3. The average Bonchev–Trinajstić information content (AvgIpc) is 3.06. The molecular formula is C18H27N3O2S. The summed E-state index contributed by atoms with van der Waals surface area (Å²) >= 11 is 1.66. The van der Waals surface area contributed by atoms with Crippen molar-refractivity contribution < 1.29 is 9.59 Å². The second kappa shape index (κ2) is 6.14. The van der Waals surface area contributed by atoms with E-state index >= 15 is 0 Å².